The number of aliphatic hydroxyl groups is 1. The van der Waals surface area contributed by atoms with Gasteiger partial charge in [-0.3, -0.25) is 0 Å². The van der Waals surface area contributed by atoms with E-state index in [-0.39, 0.29) is 12.2 Å². The van der Waals surface area contributed by atoms with Crippen LogP contribution in [0, 0.1) is 0 Å². The van der Waals surface area contributed by atoms with E-state index in [9.17, 15) is 5.11 Å². The number of ether oxygens (including phenoxy) is 3. The van der Waals surface area contributed by atoms with Crippen LogP contribution in [-0.2, 0) is 17.7 Å². The molecule has 0 radical (unpaired) electrons. The highest BCUT2D eigenvalue weighted by molar-refractivity contribution is 5.58. The Bertz CT molecular complexity index is 988. The Morgan fingerprint density at radius 3 is 2.62 bits per heavy atom. The monoisotopic (exact) mass is 438 g/mol. The minimum Gasteiger partial charge on any atom is -0.497 e. The van der Waals surface area contributed by atoms with Crippen LogP contribution in [0.1, 0.15) is 24.1 Å². The predicted molar refractivity (Wildman–Crippen MR) is 121 cm³/mol. The molecule has 1 aromatic heterocycles. The van der Waals surface area contributed by atoms with Crippen LogP contribution in [0.5, 0.6) is 11.5 Å². The van der Waals surface area contributed by atoms with Crippen molar-refractivity contribution in [2.75, 3.05) is 20.8 Å². The Kier molecular flexibility index (Phi) is 7.42. The Morgan fingerprint density at radius 1 is 1.03 bits per heavy atom. The van der Waals surface area contributed by atoms with Gasteiger partial charge in [0.1, 0.15) is 11.5 Å². The largest absolute Gasteiger partial charge is 0.497 e. The van der Waals surface area contributed by atoms with Crippen LogP contribution in [0.2, 0.25) is 0 Å². The molecular weight excluding hydrogens is 408 g/mol. The summed E-state index contributed by atoms with van der Waals surface area (Å²) in [5, 5.41) is 18.0. The van der Waals surface area contributed by atoms with Gasteiger partial charge in [-0.25, -0.2) is 0 Å². The second-order valence-corrected chi connectivity index (χ2v) is 8.04. The fourth-order valence-electron chi connectivity index (χ4n) is 3.96. The van der Waals surface area contributed by atoms with E-state index in [1.54, 1.807) is 14.2 Å². The number of rotatable bonds is 9. The minimum absolute atomic E-state index is 0.00385. The number of hydrogen-bond donors (Lipinski definition) is 2. The first-order chi connectivity index (χ1) is 15.6. The molecule has 0 bridgehead atoms. The van der Waals surface area contributed by atoms with Crippen LogP contribution in [0.3, 0.4) is 0 Å². The maximum absolute atomic E-state index is 10.4. The van der Waals surface area contributed by atoms with E-state index >= 15 is 0 Å². The Balaban J connectivity index is 1.29. The standard InChI is InChI=1S/C25H30N2O5/c1-29-20-8-6-18(7-9-20)24-14-19(27-32-24)13-22-10-11-23(28)25(31-22)16-26-15-17-4-3-5-21(12-17)30-2/h3-9,12,14,22-23,25-26,28H,10-11,13,15-16H2,1-2H3/t22-,23-,25+/m0/s1. The quantitative estimate of drug-likeness (QED) is 0.528. The van der Waals surface area contributed by atoms with Crippen molar-refractivity contribution in [1.82, 2.24) is 10.5 Å². The van der Waals surface area contributed by atoms with Gasteiger partial charge in [0.2, 0.25) is 0 Å². The zero-order chi connectivity index (χ0) is 22.3. The molecule has 0 spiro atoms. The molecular formula is C25H30N2O5. The van der Waals surface area contributed by atoms with Crippen LogP contribution in [-0.4, -0.2) is 49.3 Å². The number of benzene rings is 2. The average molecular weight is 439 g/mol. The number of nitrogens with zero attached hydrogens (tertiary/aromatic N) is 1. The maximum Gasteiger partial charge on any atom is 0.167 e. The molecule has 3 atom stereocenters. The van der Waals surface area contributed by atoms with Crippen LogP contribution < -0.4 is 14.8 Å². The summed E-state index contributed by atoms with van der Waals surface area (Å²) in [5.74, 6) is 2.35. The van der Waals surface area contributed by atoms with Crippen LogP contribution in [0.4, 0.5) is 0 Å². The molecule has 2 heterocycles. The van der Waals surface area contributed by atoms with E-state index in [1.165, 1.54) is 0 Å². The summed E-state index contributed by atoms with van der Waals surface area (Å²) < 4.78 is 22.2. The summed E-state index contributed by atoms with van der Waals surface area (Å²) in [4.78, 5) is 0. The molecule has 0 aliphatic carbocycles. The van der Waals surface area contributed by atoms with Crippen molar-refractivity contribution in [2.24, 2.45) is 0 Å². The first kappa shape index (κ1) is 22.3. The lowest BCUT2D eigenvalue weighted by Gasteiger charge is -2.34. The second-order valence-electron chi connectivity index (χ2n) is 8.04. The highest BCUT2D eigenvalue weighted by Gasteiger charge is 2.30. The van der Waals surface area contributed by atoms with Crippen molar-refractivity contribution in [2.45, 2.75) is 44.1 Å². The van der Waals surface area contributed by atoms with Crippen molar-refractivity contribution >= 4 is 0 Å². The molecule has 32 heavy (non-hydrogen) atoms. The van der Waals surface area contributed by atoms with Gasteiger partial charge in [0.15, 0.2) is 5.76 Å². The summed E-state index contributed by atoms with van der Waals surface area (Å²) >= 11 is 0. The van der Waals surface area contributed by atoms with E-state index in [0.29, 0.717) is 25.9 Å². The topological polar surface area (TPSA) is 86.0 Å². The van der Waals surface area contributed by atoms with Gasteiger partial charge in [0, 0.05) is 31.1 Å². The number of nitrogens with one attached hydrogen (secondary N) is 1. The summed E-state index contributed by atoms with van der Waals surface area (Å²) in [6.45, 7) is 1.26. The van der Waals surface area contributed by atoms with Crippen molar-refractivity contribution in [3.05, 3.63) is 65.9 Å². The molecule has 1 fully saturated rings. The number of methoxy groups -OCH3 is 2. The number of hydrogen-bond acceptors (Lipinski definition) is 7. The molecule has 2 aromatic carbocycles. The lowest BCUT2D eigenvalue weighted by molar-refractivity contribution is -0.115. The molecule has 0 amide bonds. The van der Waals surface area contributed by atoms with E-state index in [1.807, 2.05) is 54.6 Å². The molecule has 7 heteroatoms. The minimum atomic E-state index is -0.476. The first-order valence-corrected chi connectivity index (χ1v) is 10.9. The predicted octanol–water partition coefficient (Wildman–Crippen LogP) is 3.60. The van der Waals surface area contributed by atoms with E-state index in [4.69, 9.17) is 18.7 Å². The summed E-state index contributed by atoms with van der Waals surface area (Å²) in [7, 11) is 3.30. The molecule has 2 N–H and O–H groups in total. The number of aromatic nitrogens is 1. The Morgan fingerprint density at radius 2 is 1.84 bits per heavy atom. The smallest absolute Gasteiger partial charge is 0.167 e. The van der Waals surface area contributed by atoms with Crippen LogP contribution >= 0.6 is 0 Å². The number of aliphatic hydroxyl groups excluding tert-OH is 1. The zero-order valence-electron chi connectivity index (χ0n) is 18.5. The molecule has 170 valence electrons. The van der Waals surface area contributed by atoms with Crippen molar-refractivity contribution in [1.29, 1.82) is 0 Å². The van der Waals surface area contributed by atoms with Crippen molar-refractivity contribution in [3.63, 3.8) is 0 Å². The van der Waals surface area contributed by atoms with Gasteiger partial charge >= 0.3 is 0 Å². The van der Waals surface area contributed by atoms with Crippen molar-refractivity contribution < 1.29 is 23.8 Å². The van der Waals surface area contributed by atoms with Gasteiger partial charge < -0.3 is 29.2 Å². The molecule has 0 saturated carbocycles. The normalized spacial score (nSPS) is 20.8. The van der Waals surface area contributed by atoms with Gasteiger partial charge in [-0.05, 0) is 54.8 Å². The zero-order valence-corrected chi connectivity index (χ0v) is 18.5. The molecule has 1 aliphatic rings. The van der Waals surface area contributed by atoms with Gasteiger partial charge in [0.25, 0.3) is 0 Å². The highest BCUT2D eigenvalue weighted by atomic mass is 16.5. The van der Waals surface area contributed by atoms with Gasteiger partial charge in [-0.15, -0.1) is 0 Å². The van der Waals surface area contributed by atoms with Crippen molar-refractivity contribution in [3.8, 4) is 22.8 Å². The highest BCUT2D eigenvalue weighted by Crippen LogP contribution is 2.26. The van der Waals surface area contributed by atoms with Crippen LogP contribution in [0.25, 0.3) is 11.3 Å². The van der Waals surface area contributed by atoms with E-state index < -0.39 is 6.10 Å². The fraction of sp³-hybridized carbons (Fsp3) is 0.400. The summed E-state index contributed by atoms with van der Waals surface area (Å²) in [6.07, 6.45) is 1.41. The van der Waals surface area contributed by atoms with Gasteiger partial charge in [0.05, 0.1) is 38.2 Å². The van der Waals surface area contributed by atoms with E-state index in [2.05, 4.69) is 10.5 Å². The third-order valence-corrected chi connectivity index (χ3v) is 5.76. The van der Waals surface area contributed by atoms with Gasteiger partial charge in [-0.1, -0.05) is 17.3 Å². The molecule has 7 nitrogen and oxygen atoms in total. The fourth-order valence-corrected chi connectivity index (χ4v) is 3.96. The molecule has 1 aliphatic heterocycles. The molecule has 0 unspecified atom stereocenters. The van der Waals surface area contributed by atoms with Gasteiger partial charge in [-0.2, -0.15) is 0 Å². The lowest BCUT2D eigenvalue weighted by atomic mass is 9.98. The Hall–Kier alpha value is -2.87. The second kappa shape index (κ2) is 10.6. The molecule has 1 saturated heterocycles. The van der Waals surface area contributed by atoms with E-state index in [0.717, 1.165) is 40.5 Å². The van der Waals surface area contributed by atoms with Crippen LogP contribution in [0.15, 0.2) is 59.1 Å². The summed E-state index contributed by atoms with van der Waals surface area (Å²) in [5.41, 5.74) is 2.92. The summed E-state index contributed by atoms with van der Waals surface area (Å²) in [6, 6.07) is 17.6. The Labute approximate surface area is 188 Å². The third kappa shape index (κ3) is 5.68. The SMILES string of the molecule is COc1ccc(-c2cc(C[C@@H]3CC[C@H](O)[C@@H](CNCc4cccc(OC)c4)O3)no2)cc1. The molecule has 4 rings (SSSR count). The third-order valence-electron chi connectivity index (χ3n) is 5.76. The average Bonchev–Trinajstić information content (AvgIpc) is 3.29. The molecule has 3 aromatic rings. The maximum atomic E-state index is 10.4. The first-order valence-electron chi connectivity index (χ1n) is 10.9. The lowest BCUT2D eigenvalue weighted by Crippen LogP contribution is -2.45.